The molecule has 0 amide bonds. The van der Waals surface area contributed by atoms with Crippen LogP contribution >= 0.6 is 0 Å². The fourth-order valence-corrected chi connectivity index (χ4v) is 4.02. The molecule has 0 radical (unpaired) electrons. The van der Waals surface area contributed by atoms with Crippen molar-refractivity contribution >= 4 is 17.5 Å². The molecule has 0 aromatic heterocycles. The van der Waals surface area contributed by atoms with Crippen LogP contribution in [0.2, 0.25) is 0 Å². The van der Waals surface area contributed by atoms with Crippen LogP contribution < -0.4 is 0 Å². The number of ether oxygens (including phenoxy) is 3. The van der Waals surface area contributed by atoms with Gasteiger partial charge in [0.25, 0.3) is 5.60 Å². The van der Waals surface area contributed by atoms with Crippen LogP contribution in [0.3, 0.4) is 0 Å². The first-order valence-electron chi connectivity index (χ1n) is 10.1. The molecule has 2 aliphatic heterocycles. The van der Waals surface area contributed by atoms with E-state index < -0.39 is 40.3 Å². The minimum Gasteiger partial charge on any atom is -0.469 e. The molecule has 1 aliphatic carbocycles. The minimum absolute atomic E-state index is 0.123. The van der Waals surface area contributed by atoms with Crippen molar-refractivity contribution in [2.75, 3.05) is 6.61 Å². The number of rotatable bonds is 7. The van der Waals surface area contributed by atoms with Crippen LogP contribution in [-0.4, -0.2) is 46.1 Å². The normalized spacial score (nSPS) is 33.7. The summed E-state index contributed by atoms with van der Waals surface area (Å²) in [4.78, 5) is 39.4. The first-order chi connectivity index (χ1) is 13.6. The van der Waals surface area contributed by atoms with Gasteiger partial charge in [0.1, 0.15) is 5.76 Å². The number of carbonyl (C=O) groups excluding carboxylic acids is 3. The lowest BCUT2D eigenvalue weighted by Gasteiger charge is -2.37. The van der Waals surface area contributed by atoms with Crippen molar-refractivity contribution in [3.05, 3.63) is 35.3 Å². The number of aliphatic hydroxyl groups is 1. The largest absolute Gasteiger partial charge is 0.469 e. The number of unbranched alkanes of at least 4 members (excludes halogenated alkanes) is 1. The van der Waals surface area contributed by atoms with E-state index >= 15 is 0 Å². The van der Waals surface area contributed by atoms with Crippen LogP contribution in [0, 0.1) is 5.92 Å². The van der Waals surface area contributed by atoms with Crippen molar-refractivity contribution in [2.45, 2.75) is 70.7 Å². The van der Waals surface area contributed by atoms with E-state index in [1.807, 2.05) is 13.8 Å². The number of allylic oxidation sites excluding steroid dienone is 2. The Morgan fingerprint density at radius 3 is 2.59 bits per heavy atom. The Hall–Kier alpha value is -2.25. The van der Waals surface area contributed by atoms with Gasteiger partial charge < -0.3 is 19.3 Å². The van der Waals surface area contributed by atoms with Gasteiger partial charge in [-0.15, -0.1) is 0 Å². The summed E-state index contributed by atoms with van der Waals surface area (Å²) < 4.78 is 16.7. The second-order valence-corrected chi connectivity index (χ2v) is 8.07. The Balaban J connectivity index is 2.15. The summed E-state index contributed by atoms with van der Waals surface area (Å²) in [6, 6.07) is 0. The van der Waals surface area contributed by atoms with Crippen molar-refractivity contribution in [2.24, 2.45) is 5.92 Å². The maximum absolute atomic E-state index is 13.4. The number of esters is 1. The lowest BCUT2D eigenvalue weighted by Crippen LogP contribution is -2.61. The SMILES string of the molecule is CCCCOC(=O)C1(C(=O)C(C)CC)OC12C1=COC(C)=CC1=CC(=O)[C@]2(C)O. The average molecular weight is 404 g/mol. The smallest absolute Gasteiger partial charge is 0.349 e. The highest BCUT2D eigenvalue weighted by atomic mass is 16.7. The van der Waals surface area contributed by atoms with Gasteiger partial charge in [-0.2, -0.15) is 0 Å². The molecule has 4 atom stereocenters. The average Bonchev–Trinajstić information content (AvgIpc) is 3.38. The number of ketones is 2. The van der Waals surface area contributed by atoms with Crippen LogP contribution in [-0.2, 0) is 28.6 Å². The van der Waals surface area contributed by atoms with E-state index in [4.69, 9.17) is 14.2 Å². The number of epoxide rings is 1. The van der Waals surface area contributed by atoms with E-state index in [-0.39, 0.29) is 12.2 Å². The number of fused-ring (bicyclic) bond motifs is 2. The zero-order valence-corrected chi connectivity index (χ0v) is 17.5. The van der Waals surface area contributed by atoms with Gasteiger partial charge in [0.15, 0.2) is 22.8 Å². The molecule has 1 fully saturated rings. The summed E-state index contributed by atoms with van der Waals surface area (Å²) >= 11 is 0. The van der Waals surface area contributed by atoms with E-state index in [0.717, 1.165) is 6.42 Å². The fourth-order valence-electron chi connectivity index (χ4n) is 4.02. The molecule has 2 heterocycles. The maximum atomic E-state index is 13.4. The van der Waals surface area contributed by atoms with E-state index in [1.165, 1.54) is 19.3 Å². The van der Waals surface area contributed by atoms with E-state index in [1.54, 1.807) is 19.9 Å². The van der Waals surface area contributed by atoms with Gasteiger partial charge in [0, 0.05) is 11.5 Å². The maximum Gasteiger partial charge on any atom is 0.349 e. The highest BCUT2D eigenvalue weighted by Gasteiger charge is 2.89. The predicted molar refractivity (Wildman–Crippen MR) is 104 cm³/mol. The molecule has 3 aliphatic rings. The molecule has 158 valence electrons. The van der Waals surface area contributed by atoms with Crippen LogP contribution in [0.25, 0.3) is 0 Å². The molecule has 29 heavy (non-hydrogen) atoms. The summed E-state index contributed by atoms with van der Waals surface area (Å²) in [6.07, 6.45) is 6.14. The Kier molecular flexibility index (Phi) is 5.34. The van der Waals surface area contributed by atoms with Crippen LogP contribution in [0.4, 0.5) is 0 Å². The molecule has 1 N–H and O–H groups in total. The monoisotopic (exact) mass is 404 g/mol. The van der Waals surface area contributed by atoms with Gasteiger partial charge in [0.05, 0.1) is 12.9 Å². The molecular formula is C22H28O7. The van der Waals surface area contributed by atoms with E-state index in [2.05, 4.69) is 0 Å². The zero-order chi connectivity index (χ0) is 21.6. The quantitative estimate of drug-likeness (QED) is 0.301. The number of carbonyl (C=O) groups is 3. The molecular weight excluding hydrogens is 376 g/mol. The van der Waals surface area contributed by atoms with Gasteiger partial charge in [-0.25, -0.2) is 4.79 Å². The second kappa shape index (κ2) is 7.22. The van der Waals surface area contributed by atoms with Crippen molar-refractivity contribution in [3.8, 4) is 0 Å². The summed E-state index contributed by atoms with van der Waals surface area (Å²) in [7, 11) is 0. The van der Waals surface area contributed by atoms with E-state index in [0.29, 0.717) is 24.2 Å². The van der Waals surface area contributed by atoms with Crippen LogP contribution in [0.1, 0.15) is 53.9 Å². The molecule has 0 aromatic rings. The molecule has 0 bridgehead atoms. The molecule has 7 heteroatoms. The third-order valence-corrected chi connectivity index (χ3v) is 6.05. The van der Waals surface area contributed by atoms with Crippen molar-refractivity contribution in [3.63, 3.8) is 0 Å². The first-order valence-corrected chi connectivity index (χ1v) is 10.1. The number of Topliss-reactive ketones (excluding diaryl/α,β-unsaturated/α-hetero) is 1. The zero-order valence-electron chi connectivity index (χ0n) is 17.5. The van der Waals surface area contributed by atoms with E-state index in [9.17, 15) is 19.5 Å². The third-order valence-electron chi connectivity index (χ3n) is 6.05. The van der Waals surface area contributed by atoms with Crippen molar-refractivity contribution in [1.29, 1.82) is 0 Å². The third kappa shape index (κ3) is 2.82. The molecule has 0 saturated carbocycles. The Morgan fingerprint density at radius 2 is 1.97 bits per heavy atom. The lowest BCUT2D eigenvalue weighted by atomic mass is 9.64. The first kappa shape index (κ1) is 21.5. The van der Waals surface area contributed by atoms with Crippen LogP contribution in [0.5, 0.6) is 0 Å². The molecule has 3 unspecified atom stereocenters. The number of hydrogen-bond acceptors (Lipinski definition) is 7. The van der Waals surface area contributed by atoms with Gasteiger partial charge in [-0.05, 0) is 44.4 Å². The number of hydrogen-bond donors (Lipinski definition) is 1. The Bertz CT molecular complexity index is 847. The lowest BCUT2D eigenvalue weighted by molar-refractivity contribution is -0.155. The summed E-state index contributed by atoms with van der Waals surface area (Å²) in [6.45, 7) is 8.55. The topological polar surface area (TPSA) is 102 Å². The molecule has 1 saturated heterocycles. The van der Waals surface area contributed by atoms with Gasteiger partial charge in [-0.1, -0.05) is 27.2 Å². The van der Waals surface area contributed by atoms with Gasteiger partial charge in [0.2, 0.25) is 0 Å². The minimum atomic E-state index is -2.14. The molecule has 7 nitrogen and oxygen atoms in total. The Labute approximate surface area is 170 Å². The summed E-state index contributed by atoms with van der Waals surface area (Å²) in [5, 5.41) is 11.2. The second-order valence-electron chi connectivity index (χ2n) is 8.07. The highest BCUT2D eigenvalue weighted by molar-refractivity contribution is 6.17. The molecule has 1 spiro atoms. The molecule has 3 rings (SSSR count). The summed E-state index contributed by atoms with van der Waals surface area (Å²) in [5.41, 5.74) is -5.38. The highest BCUT2D eigenvalue weighted by Crippen LogP contribution is 2.64. The molecule has 0 aromatic carbocycles. The summed E-state index contributed by atoms with van der Waals surface area (Å²) in [5.74, 6) is -2.03. The van der Waals surface area contributed by atoms with Gasteiger partial charge >= 0.3 is 5.97 Å². The predicted octanol–water partition coefficient (Wildman–Crippen LogP) is 2.53. The Morgan fingerprint density at radius 1 is 1.28 bits per heavy atom. The standard InChI is InChI=1S/C22H28O7/c1-6-8-9-27-19(25)21(18(24)13(3)7-2)22(29-21)16-12-28-14(4)10-15(16)11-17(23)20(22,5)26/h10-13,26H,6-9H2,1-5H3/t13?,20-,21?,22?/m0/s1. The fraction of sp³-hybridized carbons (Fsp3) is 0.591. The van der Waals surface area contributed by atoms with Crippen LogP contribution in [0.15, 0.2) is 35.3 Å². The van der Waals surface area contributed by atoms with Gasteiger partial charge in [-0.3, -0.25) is 9.59 Å². The van der Waals surface area contributed by atoms with Crippen molar-refractivity contribution < 1.29 is 33.7 Å². The van der Waals surface area contributed by atoms with Crippen molar-refractivity contribution in [1.82, 2.24) is 0 Å².